The Morgan fingerprint density at radius 1 is 1.10 bits per heavy atom. The summed E-state index contributed by atoms with van der Waals surface area (Å²) in [5.74, 6) is 1.13. The Balaban J connectivity index is 1.52. The van der Waals surface area contributed by atoms with E-state index in [0.717, 1.165) is 5.52 Å². The first-order chi connectivity index (χ1) is 15.0. The molecular formula is C22H24N4O4S. The number of benzene rings is 2. The molecule has 2 amide bonds. The number of ether oxygens (including phenoxy) is 1. The Kier molecular flexibility index (Phi) is 6.03. The summed E-state index contributed by atoms with van der Waals surface area (Å²) in [6.45, 7) is 2.32. The third kappa shape index (κ3) is 4.05. The van der Waals surface area contributed by atoms with Crippen LogP contribution in [0.2, 0.25) is 0 Å². The van der Waals surface area contributed by atoms with Gasteiger partial charge in [-0.3, -0.25) is 18.7 Å². The normalized spacial score (nSPS) is 15.9. The maximum Gasteiger partial charge on any atom is 0.329 e. The van der Waals surface area contributed by atoms with Gasteiger partial charge in [-0.15, -0.1) is 11.8 Å². The Morgan fingerprint density at radius 2 is 1.77 bits per heavy atom. The van der Waals surface area contributed by atoms with Gasteiger partial charge in [-0.2, -0.15) is 0 Å². The molecule has 0 bridgehead atoms. The summed E-state index contributed by atoms with van der Waals surface area (Å²) in [6.07, 6.45) is 0. The number of para-hydroxylation sites is 2. The number of rotatable bonds is 6. The molecule has 0 radical (unpaired) electrons. The summed E-state index contributed by atoms with van der Waals surface area (Å²) < 4.78 is 8.27. The van der Waals surface area contributed by atoms with Crippen LogP contribution in [0.5, 0.6) is 5.75 Å². The zero-order valence-electron chi connectivity index (χ0n) is 17.4. The lowest BCUT2D eigenvalue weighted by Gasteiger charge is -2.23. The number of amides is 2. The molecule has 1 aliphatic rings. The van der Waals surface area contributed by atoms with Crippen molar-refractivity contribution >= 4 is 40.3 Å². The van der Waals surface area contributed by atoms with E-state index in [2.05, 4.69) is 5.32 Å². The second kappa shape index (κ2) is 8.89. The fraction of sp³-hybridized carbons (Fsp3) is 0.318. The van der Waals surface area contributed by atoms with Crippen LogP contribution in [0.3, 0.4) is 0 Å². The second-order valence-electron chi connectivity index (χ2n) is 7.20. The van der Waals surface area contributed by atoms with Crippen molar-refractivity contribution < 1.29 is 14.3 Å². The number of methoxy groups -OCH3 is 1. The molecule has 31 heavy (non-hydrogen) atoms. The Morgan fingerprint density at radius 3 is 2.42 bits per heavy atom. The lowest BCUT2D eigenvalue weighted by Crippen LogP contribution is -2.46. The van der Waals surface area contributed by atoms with Crippen LogP contribution >= 0.6 is 11.8 Å². The summed E-state index contributed by atoms with van der Waals surface area (Å²) in [6, 6.07) is 13.9. The number of imidazole rings is 1. The van der Waals surface area contributed by atoms with Crippen LogP contribution in [0.25, 0.3) is 11.0 Å². The molecule has 2 aromatic carbocycles. The van der Waals surface area contributed by atoms with Crippen LogP contribution in [0, 0.1) is 0 Å². The first kappa shape index (κ1) is 21.0. The molecule has 0 spiro atoms. The minimum Gasteiger partial charge on any atom is -0.497 e. The standard InChI is InChI=1S/C22H24N4O4S/c1-3-24-17-6-4-5-7-18(17)25(22(24)29)12-20(27)26-14-31-13-19(26)21(28)23-15-8-10-16(30-2)11-9-15/h4-11,19H,3,12-14H2,1-2H3,(H,23,28). The van der Waals surface area contributed by atoms with Gasteiger partial charge in [0, 0.05) is 18.0 Å². The predicted octanol–water partition coefficient (Wildman–Crippen LogP) is 2.37. The Hall–Kier alpha value is -3.20. The quantitative estimate of drug-likeness (QED) is 0.636. The van der Waals surface area contributed by atoms with Crippen molar-refractivity contribution in [2.75, 3.05) is 24.1 Å². The summed E-state index contributed by atoms with van der Waals surface area (Å²) >= 11 is 1.52. The van der Waals surface area contributed by atoms with Gasteiger partial charge in [0.15, 0.2) is 0 Å². The van der Waals surface area contributed by atoms with E-state index < -0.39 is 6.04 Å². The van der Waals surface area contributed by atoms with Crippen molar-refractivity contribution in [1.29, 1.82) is 0 Å². The number of nitrogens with one attached hydrogen (secondary N) is 1. The monoisotopic (exact) mass is 440 g/mol. The largest absolute Gasteiger partial charge is 0.497 e. The zero-order valence-corrected chi connectivity index (χ0v) is 18.2. The third-order valence-corrected chi connectivity index (χ3v) is 6.41. The van der Waals surface area contributed by atoms with Gasteiger partial charge in [0.2, 0.25) is 11.8 Å². The Bertz CT molecular complexity index is 1170. The maximum atomic E-state index is 13.1. The highest BCUT2D eigenvalue weighted by Gasteiger charge is 2.35. The number of carbonyl (C=O) groups excluding carboxylic acids is 2. The number of nitrogens with zero attached hydrogens (tertiary/aromatic N) is 3. The second-order valence-corrected chi connectivity index (χ2v) is 8.20. The number of aromatic nitrogens is 2. The van der Waals surface area contributed by atoms with Crippen LogP contribution in [0.1, 0.15) is 6.92 Å². The van der Waals surface area contributed by atoms with Crippen molar-refractivity contribution in [2.24, 2.45) is 0 Å². The number of hydrogen-bond donors (Lipinski definition) is 1. The number of hydrogen-bond acceptors (Lipinski definition) is 5. The number of fused-ring (bicyclic) bond motifs is 1. The highest BCUT2D eigenvalue weighted by molar-refractivity contribution is 7.99. The van der Waals surface area contributed by atoms with Crippen LogP contribution in [0.4, 0.5) is 5.69 Å². The molecule has 3 aromatic rings. The minimum atomic E-state index is -0.588. The molecule has 1 fully saturated rings. The zero-order chi connectivity index (χ0) is 22.0. The van der Waals surface area contributed by atoms with Crippen molar-refractivity contribution in [3.8, 4) is 5.75 Å². The third-order valence-electron chi connectivity index (χ3n) is 5.40. The minimum absolute atomic E-state index is 0.0980. The van der Waals surface area contributed by atoms with Crippen molar-refractivity contribution in [2.45, 2.75) is 26.1 Å². The molecule has 162 valence electrons. The number of anilines is 1. The summed E-state index contributed by atoms with van der Waals surface area (Å²) in [4.78, 5) is 40.3. The predicted molar refractivity (Wildman–Crippen MR) is 121 cm³/mol. The van der Waals surface area contributed by atoms with Crippen LogP contribution in [0.15, 0.2) is 53.3 Å². The number of aryl methyl sites for hydroxylation is 1. The molecule has 1 unspecified atom stereocenters. The number of thioether (sulfide) groups is 1. The van der Waals surface area contributed by atoms with Gasteiger partial charge >= 0.3 is 5.69 Å². The molecule has 1 aliphatic heterocycles. The maximum absolute atomic E-state index is 13.1. The molecule has 0 aliphatic carbocycles. The fourth-order valence-corrected chi connectivity index (χ4v) is 4.94. The molecule has 1 atom stereocenters. The molecule has 1 saturated heterocycles. The summed E-state index contributed by atoms with van der Waals surface area (Å²) in [7, 11) is 1.58. The van der Waals surface area contributed by atoms with Crippen molar-refractivity contribution in [1.82, 2.24) is 14.0 Å². The van der Waals surface area contributed by atoms with Gasteiger partial charge in [-0.25, -0.2) is 4.79 Å². The van der Waals surface area contributed by atoms with Gasteiger partial charge in [-0.1, -0.05) is 12.1 Å². The first-order valence-electron chi connectivity index (χ1n) is 10.0. The van der Waals surface area contributed by atoms with Crippen LogP contribution in [-0.4, -0.2) is 50.6 Å². The average Bonchev–Trinajstić information content (AvgIpc) is 3.38. The molecule has 1 N–H and O–H groups in total. The summed E-state index contributed by atoms with van der Waals surface area (Å²) in [5, 5.41) is 2.86. The van der Waals surface area contributed by atoms with E-state index in [0.29, 0.717) is 35.1 Å². The van der Waals surface area contributed by atoms with E-state index >= 15 is 0 Å². The van der Waals surface area contributed by atoms with Crippen LogP contribution < -0.4 is 15.7 Å². The van der Waals surface area contributed by atoms with E-state index in [4.69, 9.17) is 4.74 Å². The van der Waals surface area contributed by atoms with Crippen molar-refractivity contribution in [3.63, 3.8) is 0 Å². The highest BCUT2D eigenvalue weighted by atomic mass is 32.2. The molecule has 9 heteroatoms. The smallest absolute Gasteiger partial charge is 0.329 e. The Labute approximate surface area is 183 Å². The molecule has 2 heterocycles. The fourth-order valence-electron chi connectivity index (χ4n) is 3.76. The lowest BCUT2D eigenvalue weighted by atomic mass is 10.2. The van der Waals surface area contributed by atoms with Gasteiger partial charge in [-0.05, 0) is 43.3 Å². The van der Waals surface area contributed by atoms with Gasteiger partial charge in [0.05, 0.1) is 24.0 Å². The molecule has 8 nitrogen and oxygen atoms in total. The van der Waals surface area contributed by atoms with E-state index in [1.807, 2.05) is 31.2 Å². The van der Waals surface area contributed by atoms with E-state index in [1.165, 1.54) is 16.3 Å². The van der Waals surface area contributed by atoms with Gasteiger partial charge < -0.3 is 15.0 Å². The van der Waals surface area contributed by atoms with E-state index in [1.54, 1.807) is 40.8 Å². The SMILES string of the molecule is CCn1c(=O)n(CC(=O)N2CSCC2C(=O)Nc2ccc(OC)cc2)c2ccccc21. The lowest BCUT2D eigenvalue weighted by molar-refractivity contribution is -0.136. The van der Waals surface area contributed by atoms with Gasteiger partial charge in [0.1, 0.15) is 18.3 Å². The molecule has 1 aromatic heterocycles. The summed E-state index contributed by atoms with van der Waals surface area (Å²) in [5.41, 5.74) is 1.93. The topological polar surface area (TPSA) is 85.6 Å². The highest BCUT2D eigenvalue weighted by Crippen LogP contribution is 2.24. The average molecular weight is 441 g/mol. The van der Waals surface area contributed by atoms with E-state index in [9.17, 15) is 14.4 Å². The first-order valence-corrected chi connectivity index (χ1v) is 11.2. The van der Waals surface area contributed by atoms with E-state index in [-0.39, 0.29) is 24.0 Å². The van der Waals surface area contributed by atoms with Gasteiger partial charge in [0.25, 0.3) is 0 Å². The molecular weight excluding hydrogens is 416 g/mol. The van der Waals surface area contributed by atoms with Crippen LogP contribution in [-0.2, 0) is 22.7 Å². The van der Waals surface area contributed by atoms with Crippen molar-refractivity contribution in [3.05, 3.63) is 59.0 Å². The molecule has 0 saturated carbocycles. The number of carbonyl (C=O) groups is 2. The molecule has 4 rings (SSSR count).